The molecule has 1 atom stereocenters. The highest BCUT2D eigenvalue weighted by Crippen LogP contribution is 2.35. The van der Waals surface area contributed by atoms with Gasteiger partial charge in [0.25, 0.3) is 0 Å². The molecule has 0 fully saturated rings. The van der Waals surface area contributed by atoms with E-state index in [1.165, 1.54) is 0 Å². The zero-order chi connectivity index (χ0) is 14.3. The van der Waals surface area contributed by atoms with E-state index in [0.717, 1.165) is 24.2 Å². The first-order valence-corrected chi connectivity index (χ1v) is 6.91. The highest BCUT2D eigenvalue weighted by atomic mass is 16.5. The maximum absolute atomic E-state index is 6.03. The quantitative estimate of drug-likeness (QED) is 0.561. The van der Waals surface area contributed by atoms with Crippen LogP contribution in [0.2, 0.25) is 0 Å². The number of hydrogen-bond acceptors (Lipinski definition) is 4. The molecule has 4 nitrogen and oxygen atoms in total. The molecule has 108 valence electrons. The fraction of sp³-hybridized carbons (Fsp3) is 0.600. The number of nitrogens with one attached hydrogen (secondary N) is 1. The van der Waals surface area contributed by atoms with Crippen LogP contribution in [0.5, 0.6) is 5.75 Å². The highest BCUT2D eigenvalue weighted by Gasteiger charge is 2.37. The van der Waals surface area contributed by atoms with Gasteiger partial charge in [0.1, 0.15) is 5.75 Å². The zero-order valence-electron chi connectivity index (χ0n) is 12.4. The van der Waals surface area contributed by atoms with E-state index in [0.29, 0.717) is 6.61 Å². The largest absolute Gasteiger partial charge is 0.497 e. The van der Waals surface area contributed by atoms with Gasteiger partial charge < -0.3 is 9.47 Å². The van der Waals surface area contributed by atoms with E-state index in [1.54, 1.807) is 7.11 Å². The molecule has 0 spiro atoms. The van der Waals surface area contributed by atoms with Crippen LogP contribution in [0.15, 0.2) is 24.3 Å². The summed E-state index contributed by atoms with van der Waals surface area (Å²) >= 11 is 0. The summed E-state index contributed by atoms with van der Waals surface area (Å²) in [7, 11) is 1.67. The molecule has 4 heteroatoms. The Labute approximate surface area is 116 Å². The number of methoxy groups -OCH3 is 1. The molecule has 0 saturated carbocycles. The Morgan fingerprint density at radius 2 is 1.95 bits per heavy atom. The molecule has 19 heavy (non-hydrogen) atoms. The minimum Gasteiger partial charge on any atom is -0.497 e. The summed E-state index contributed by atoms with van der Waals surface area (Å²) in [5.74, 6) is 6.62. The molecule has 1 rings (SSSR count). The lowest BCUT2D eigenvalue weighted by Crippen LogP contribution is -2.48. The Hall–Kier alpha value is -1.10. The van der Waals surface area contributed by atoms with Crippen molar-refractivity contribution >= 4 is 0 Å². The Morgan fingerprint density at radius 3 is 2.42 bits per heavy atom. The van der Waals surface area contributed by atoms with Crippen molar-refractivity contribution in [1.29, 1.82) is 0 Å². The van der Waals surface area contributed by atoms with Crippen LogP contribution < -0.4 is 16.0 Å². The van der Waals surface area contributed by atoms with Gasteiger partial charge in [-0.1, -0.05) is 26.0 Å². The summed E-state index contributed by atoms with van der Waals surface area (Å²) in [6, 6.07) is 7.89. The Morgan fingerprint density at radius 1 is 1.26 bits per heavy atom. The van der Waals surface area contributed by atoms with Crippen LogP contribution in [-0.4, -0.2) is 19.3 Å². The Kier molecular flexibility index (Phi) is 6.28. The second kappa shape index (κ2) is 7.48. The second-order valence-electron chi connectivity index (χ2n) is 4.58. The van der Waals surface area contributed by atoms with Crippen molar-refractivity contribution < 1.29 is 9.47 Å². The number of ether oxygens (including phenoxy) is 2. The summed E-state index contributed by atoms with van der Waals surface area (Å²) in [5.41, 5.74) is 3.70. The average molecular weight is 266 g/mol. The zero-order valence-corrected chi connectivity index (χ0v) is 12.4. The van der Waals surface area contributed by atoms with Crippen LogP contribution in [0.1, 0.15) is 45.2 Å². The lowest BCUT2D eigenvalue weighted by atomic mass is 9.84. The van der Waals surface area contributed by atoms with Gasteiger partial charge in [-0.05, 0) is 37.5 Å². The van der Waals surface area contributed by atoms with Crippen LogP contribution >= 0.6 is 0 Å². The molecule has 1 aromatic carbocycles. The van der Waals surface area contributed by atoms with E-state index >= 15 is 0 Å². The lowest BCUT2D eigenvalue weighted by molar-refractivity contribution is -0.0734. The molecular formula is C15H26N2O2. The number of hydrogen-bond donors (Lipinski definition) is 2. The topological polar surface area (TPSA) is 56.5 Å². The lowest BCUT2D eigenvalue weighted by Gasteiger charge is -2.39. The summed E-state index contributed by atoms with van der Waals surface area (Å²) in [4.78, 5) is 0. The van der Waals surface area contributed by atoms with E-state index < -0.39 is 0 Å². The maximum Gasteiger partial charge on any atom is 0.119 e. The molecule has 1 aromatic rings. The molecule has 0 aliphatic rings. The van der Waals surface area contributed by atoms with Gasteiger partial charge in [0.15, 0.2) is 0 Å². The van der Waals surface area contributed by atoms with Crippen molar-refractivity contribution in [2.75, 3.05) is 13.7 Å². The van der Waals surface area contributed by atoms with E-state index in [1.807, 2.05) is 31.2 Å². The third kappa shape index (κ3) is 3.47. The smallest absolute Gasteiger partial charge is 0.119 e. The molecule has 0 bridgehead atoms. The monoisotopic (exact) mass is 266 g/mol. The molecule has 0 aliphatic carbocycles. The SMILES string of the molecule is CCOC(CC)(CC)C(NN)c1cccc(OC)c1. The normalized spacial score (nSPS) is 13.3. The molecule has 1 unspecified atom stereocenters. The van der Waals surface area contributed by atoms with Gasteiger partial charge in [-0.3, -0.25) is 11.3 Å². The van der Waals surface area contributed by atoms with E-state index in [4.69, 9.17) is 15.3 Å². The van der Waals surface area contributed by atoms with Crippen LogP contribution in [0.25, 0.3) is 0 Å². The first-order valence-electron chi connectivity index (χ1n) is 6.91. The van der Waals surface area contributed by atoms with Gasteiger partial charge in [0.05, 0.1) is 18.8 Å². The molecule has 0 aromatic heterocycles. The molecule has 3 N–H and O–H groups in total. The van der Waals surface area contributed by atoms with Crippen molar-refractivity contribution in [3.05, 3.63) is 29.8 Å². The fourth-order valence-corrected chi connectivity index (χ4v) is 2.61. The van der Waals surface area contributed by atoms with Crippen molar-refractivity contribution in [3.8, 4) is 5.75 Å². The molecular weight excluding hydrogens is 240 g/mol. The van der Waals surface area contributed by atoms with E-state index in [9.17, 15) is 0 Å². The minimum absolute atomic E-state index is 0.0578. The van der Waals surface area contributed by atoms with Crippen LogP contribution in [0, 0.1) is 0 Å². The van der Waals surface area contributed by atoms with E-state index in [-0.39, 0.29) is 11.6 Å². The number of nitrogens with two attached hydrogens (primary N) is 1. The summed E-state index contributed by atoms with van der Waals surface area (Å²) in [5, 5.41) is 0. The van der Waals surface area contributed by atoms with E-state index in [2.05, 4.69) is 19.3 Å². The van der Waals surface area contributed by atoms with Gasteiger partial charge >= 0.3 is 0 Å². The molecule has 0 radical (unpaired) electrons. The summed E-state index contributed by atoms with van der Waals surface area (Å²) in [6.07, 6.45) is 1.78. The van der Waals surface area contributed by atoms with Crippen molar-refractivity contribution in [2.45, 2.75) is 45.3 Å². The van der Waals surface area contributed by atoms with Crippen molar-refractivity contribution in [3.63, 3.8) is 0 Å². The van der Waals surface area contributed by atoms with Crippen LogP contribution in [-0.2, 0) is 4.74 Å². The third-order valence-corrected chi connectivity index (χ3v) is 3.75. The van der Waals surface area contributed by atoms with Gasteiger partial charge in [-0.2, -0.15) is 0 Å². The van der Waals surface area contributed by atoms with Crippen LogP contribution in [0.4, 0.5) is 0 Å². The molecule has 0 amide bonds. The van der Waals surface area contributed by atoms with Crippen molar-refractivity contribution in [2.24, 2.45) is 5.84 Å². The highest BCUT2D eigenvalue weighted by molar-refractivity contribution is 5.32. The predicted octanol–water partition coefficient (Wildman–Crippen LogP) is 2.79. The minimum atomic E-state index is -0.296. The first kappa shape index (κ1) is 16.0. The predicted molar refractivity (Wildman–Crippen MR) is 78.0 cm³/mol. The Balaban J connectivity index is 3.14. The molecule has 0 saturated heterocycles. The standard InChI is InChI=1S/C15H26N2O2/c1-5-15(6-2,19-7-3)14(17-16)12-9-8-10-13(11-12)18-4/h8-11,14,17H,5-7,16H2,1-4H3. The van der Waals surface area contributed by atoms with Gasteiger partial charge in [-0.15, -0.1) is 0 Å². The van der Waals surface area contributed by atoms with Gasteiger partial charge in [-0.25, -0.2) is 0 Å². The Bertz CT molecular complexity index is 378. The number of hydrazine groups is 1. The number of benzene rings is 1. The van der Waals surface area contributed by atoms with Crippen molar-refractivity contribution in [1.82, 2.24) is 5.43 Å². The summed E-state index contributed by atoms with van der Waals surface area (Å²) in [6.45, 7) is 6.94. The van der Waals surface area contributed by atoms with Gasteiger partial charge in [0, 0.05) is 6.61 Å². The average Bonchev–Trinajstić information content (AvgIpc) is 2.47. The fourth-order valence-electron chi connectivity index (χ4n) is 2.61. The number of rotatable bonds is 8. The summed E-state index contributed by atoms with van der Waals surface area (Å²) < 4.78 is 11.3. The third-order valence-electron chi connectivity index (χ3n) is 3.75. The van der Waals surface area contributed by atoms with Gasteiger partial charge in [0.2, 0.25) is 0 Å². The molecule has 0 aliphatic heterocycles. The second-order valence-corrected chi connectivity index (χ2v) is 4.58. The first-order chi connectivity index (χ1) is 9.17. The van der Waals surface area contributed by atoms with Crippen LogP contribution in [0.3, 0.4) is 0 Å². The maximum atomic E-state index is 6.03. The molecule has 0 heterocycles.